The Balaban J connectivity index is 1.81. The smallest absolute Gasteiger partial charge is 0.418 e. The highest BCUT2D eigenvalue weighted by Crippen LogP contribution is 2.40. The van der Waals surface area contributed by atoms with Gasteiger partial charge in [-0.15, -0.1) is 0 Å². The van der Waals surface area contributed by atoms with Crippen LogP contribution < -0.4 is 11.2 Å². The molecule has 4 rings (SSSR count). The highest BCUT2D eigenvalue weighted by Gasteiger charge is 2.49. The maximum absolute atomic E-state index is 13.4. The van der Waals surface area contributed by atoms with E-state index in [4.69, 9.17) is 10.6 Å². The van der Waals surface area contributed by atoms with Gasteiger partial charge in [-0.2, -0.15) is 23.1 Å². The number of nitrogens with two attached hydrogens (primary N) is 1. The molecule has 0 spiro atoms. The number of carbonyl (C=O) groups excluding carboxylic acids is 4. The van der Waals surface area contributed by atoms with E-state index >= 15 is 0 Å². The fourth-order valence-corrected chi connectivity index (χ4v) is 3.86. The summed E-state index contributed by atoms with van der Waals surface area (Å²) >= 11 is 0. The number of esters is 1. The molecule has 0 radical (unpaired) electrons. The molecule has 2 aliphatic carbocycles. The summed E-state index contributed by atoms with van der Waals surface area (Å²) in [6.07, 6.45) is -3.14. The van der Waals surface area contributed by atoms with Gasteiger partial charge in [0.15, 0.2) is 23.0 Å². The standard InChI is InChI=1S/C21H18F3N3O7/c1-20(25)18(30)34-32-9-8-27(20)26-15-13(33-19(31)21(22,23)24)7-6-12-14(15)17(29)11-5-3-2-4-10(11)16(12)28/h2-7,12,14,26H,8-9,25H2,1H3/t12?,14?,20-/m1/s1. The summed E-state index contributed by atoms with van der Waals surface area (Å²) < 4.78 is 43.3. The highest BCUT2D eigenvalue weighted by molar-refractivity contribution is 6.17. The summed E-state index contributed by atoms with van der Waals surface area (Å²) in [6, 6.07) is 5.98. The fraction of sp³-hybridized carbons (Fsp3) is 0.333. The second kappa shape index (κ2) is 8.34. The van der Waals surface area contributed by atoms with Gasteiger partial charge in [0.1, 0.15) is 6.61 Å². The number of hydrogen-bond donors (Lipinski definition) is 2. The van der Waals surface area contributed by atoms with Crippen molar-refractivity contribution in [1.82, 2.24) is 10.4 Å². The van der Waals surface area contributed by atoms with Crippen LogP contribution in [0.3, 0.4) is 0 Å². The topological polar surface area (TPSA) is 137 Å². The Morgan fingerprint density at radius 1 is 1.21 bits per heavy atom. The van der Waals surface area contributed by atoms with Crippen LogP contribution in [0.1, 0.15) is 27.6 Å². The van der Waals surface area contributed by atoms with Crippen molar-refractivity contribution >= 4 is 23.5 Å². The molecule has 1 aromatic carbocycles. The van der Waals surface area contributed by atoms with Gasteiger partial charge in [0, 0.05) is 17.7 Å². The molecule has 2 unspecified atom stereocenters. The van der Waals surface area contributed by atoms with Gasteiger partial charge in [-0.05, 0) is 13.0 Å². The van der Waals surface area contributed by atoms with E-state index in [0.717, 1.165) is 11.1 Å². The Labute approximate surface area is 190 Å². The average Bonchev–Trinajstić information content (AvgIpc) is 2.90. The van der Waals surface area contributed by atoms with Gasteiger partial charge in [-0.3, -0.25) is 14.5 Å². The van der Waals surface area contributed by atoms with Gasteiger partial charge in [-0.1, -0.05) is 30.3 Å². The molecule has 1 heterocycles. The number of allylic oxidation sites excluding steroid dienone is 3. The van der Waals surface area contributed by atoms with Gasteiger partial charge < -0.3 is 15.9 Å². The van der Waals surface area contributed by atoms with Crippen molar-refractivity contribution in [2.24, 2.45) is 17.6 Å². The first-order valence-corrected chi connectivity index (χ1v) is 9.99. The van der Waals surface area contributed by atoms with Crippen LogP contribution in [0.2, 0.25) is 0 Å². The zero-order valence-electron chi connectivity index (χ0n) is 17.5. The number of carbonyl (C=O) groups is 4. The van der Waals surface area contributed by atoms with E-state index < -0.39 is 52.9 Å². The van der Waals surface area contributed by atoms with Crippen molar-refractivity contribution in [2.45, 2.75) is 18.8 Å². The van der Waals surface area contributed by atoms with Crippen molar-refractivity contribution in [1.29, 1.82) is 0 Å². The van der Waals surface area contributed by atoms with Gasteiger partial charge in [0.25, 0.3) is 0 Å². The molecule has 10 nitrogen and oxygen atoms in total. The van der Waals surface area contributed by atoms with Crippen LogP contribution >= 0.6 is 0 Å². The molecule has 0 saturated carbocycles. The Morgan fingerprint density at radius 3 is 2.50 bits per heavy atom. The van der Waals surface area contributed by atoms with E-state index in [9.17, 15) is 32.3 Å². The van der Waals surface area contributed by atoms with Crippen molar-refractivity contribution in [3.05, 3.63) is 59.0 Å². The largest absolute Gasteiger partial charge is 0.491 e. The Hall–Kier alpha value is -3.55. The van der Waals surface area contributed by atoms with Crippen molar-refractivity contribution in [3.8, 4) is 0 Å². The minimum absolute atomic E-state index is 0.0546. The molecule has 0 aromatic heterocycles. The molecule has 34 heavy (non-hydrogen) atoms. The molecule has 3 atom stereocenters. The van der Waals surface area contributed by atoms with E-state index in [1.807, 2.05) is 0 Å². The third-order valence-corrected chi connectivity index (χ3v) is 5.63. The summed E-state index contributed by atoms with van der Waals surface area (Å²) in [5.41, 5.74) is 6.64. The monoisotopic (exact) mass is 481 g/mol. The number of nitrogens with one attached hydrogen (secondary N) is 1. The Morgan fingerprint density at radius 2 is 1.85 bits per heavy atom. The number of hydrazine groups is 1. The van der Waals surface area contributed by atoms with Gasteiger partial charge >= 0.3 is 18.1 Å². The predicted octanol–water partition coefficient (Wildman–Crippen LogP) is 1.15. The van der Waals surface area contributed by atoms with Crippen LogP contribution in [0, 0.1) is 11.8 Å². The fourth-order valence-electron chi connectivity index (χ4n) is 3.86. The molecule has 3 N–H and O–H groups in total. The number of nitrogens with zero attached hydrogens (tertiary/aromatic N) is 1. The minimum atomic E-state index is -5.33. The molecule has 3 aliphatic rings. The molecule has 13 heteroatoms. The zero-order chi connectivity index (χ0) is 24.8. The zero-order valence-corrected chi connectivity index (χ0v) is 17.5. The second-order valence-corrected chi connectivity index (χ2v) is 7.91. The summed E-state index contributed by atoms with van der Waals surface area (Å²) in [5.74, 6) is -7.75. The van der Waals surface area contributed by atoms with Gasteiger partial charge in [0.2, 0.25) is 0 Å². The van der Waals surface area contributed by atoms with Gasteiger partial charge in [-0.25, -0.2) is 9.59 Å². The number of Topliss-reactive ketones (excluding diaryl/α,β-unsaturated/α-hetero) is 2. The lowest BCUT2D eigenvalue weighted by Crippen LogP contribution is -2.64. The first-order chi connectivity index (χ1) is 15.9. The number of halogens is 3. The third-order valence-electron chi connectivity index (χ3n) is 5.63. The number of fused-ring (bicyclic) bond motifs is 2. The molecule has 0 bridgehead atoms. The van der Waals surface area contributed by atoms with Crippen LogP contribution in [0.5, 0.6) is 0 Å². The average molecular weight is 481 g/mol. The molecule has 1 aromatic rings. The molecule has 0 amide bonds. The Bertz CT molecular complexity index is 1140. The second-order valence-electron chi connectivity index (χ2n) is 7.91. The molecular weight excluding hydrogens is 463 g/mol. The van der Waals surface area contributed by atoms with Crippen LogP contribution in [-0.4, -0.2) is 53.5 Å². The Kier molecular flexibility index (Phi) is 5.79. The molecule has 1 aliphatic heterocycles. The van der Waals surface area contributed by atoms with Crippen molar-refractivity contribution < 1.29 is 46.9 Å². The minimum Gasteiger partial charge on any atom is -0.418 e. The van der Waals surface area contributed by atoms with Gasteiger partial charge in [0.05, 0.1) is 17.5 Å². The maximum Gasteiger partial charge on any atom is 0.491 e. The number of ether oxygens (including phenoxy) is 1. The number of benzene rings is 1. The van der Waals surface area contributed by atoms with Crippen molar-refractivity contribution in [3.63, 3.8) is 0 Å². The van der Waals surface area contributed by atoms with Crippen LogP contribution in [0.15, 0.2) is 47.9 Å². The summed E-state index contributed by atoms with van der Waals surface area (Å²) in [5, 5.41) is 1.06. The summed E-state index contributed by atoms with van der Waals surface area (Å²) in [6.45, 7) is 0.928. The van der Waals surface area contributed by atoms with E-state index in [1.165, 1.54) is 31.2 Å². The number of rotatable bonds is 3. The molecule has 1 fully saturated rings. The summed E-state index contributed by atoms with van der Waals surface area (Å²) in [4.78, 5) is 59.5. The molecular formula is C21H18F3N3O7. The van der Waals surface area contributed by atoms with E-state index in [1.54, 1.807) is 6.07 Å². The lowest BCUT2D eigenvalue weighted by atomic mass is 9.70. The van der Waals surface area contributed by atoms with Crippen LogP contribution in [0.4, 0.5) is 13.2 Å². The van der Waals surface area contributed by atoms with Crippen LogP contribution in [-0.2, 0) is 24.1 Å². The van der Waals surface area contributed by atoms with E-state index in [-0.39, 0.29) is 30.0 Å². The predicted molar refractivity (Wildman–Crippen MR) is 105 cm³/mol. The number of alkyl halides is 3. The maximum atomic E-state index is 13.4. The highest BCUT2D eigenvalue weighted by atomic mass is 19.4. The quantitative estimate of drug-likeness (QED) is 0.478. The first-order valence-electron chi connectivity index (χ1n) is 9.99. The van der Waals surface area contributed by atoms with Crippen LogP contribution in [0.25, 0.3) is 0 Å². The lowest BCUT2D eigenvalue weighted by molar-refractivity contribution is -0.269. The first kappa shape index (κ1) is 23.6. The molecule has 1 saturated heterocycles. The van der Waals surface area contributed by atoms with E-state index in [2.05, 4.69) is 15.1 Å². The third kappa shape index (κ3) is 3.97. The van der Waals surface area contributed by atoms with E-state index in [0.29, 0.717) is 0 Å². The lowest BCUT2D eigenvalue weighted by Gasteiger charge is -2.39. The molecule has 180 valence electrons. The number of hydrogen-bond acceptors (Lipinski definition) is 10. The summed E-state index contributed by atoms with van der Waals surface area (Å²) in [7, 11) is 0. The van der Waals surface area contributed by atoms with Crippen molar-refractivity contribution in [2.75, 3.05) is 13.2 Å². The normalized spacial score (nSPS) is 27.5. The SMILES string of the molecule is C[C@]1(N)C(=O)OOCCN1NC1=C(OC(=O)C(F)(F)F)C=CC2C(=O)c3ccccc3C(=O)C12. The number of ketones is 2.